The third kappa shape index (κ3) is 45.2. The lowest BCUT2D eigenvalue weighted by Gasteiger charge is -2.41. The zero-order valence-corrected chi connectivity index (χ0v) is 52.1. The molecule has 0 aromatic rings. The van der Waals surface area contributed by atoms with E-state index >= 15 is 0 Å². The van der Waals surface area contributed by atoms with Crippen molar-refractivity contribution < 1.29 is 49.3 Å². The van der Waals surface area contributed by atoms with Crippen molar-refractivity contribution in [3.63, 3.8) is 0 Å². The zero-order valence-electron chi connectivity index (χ0n) is 52.1. The van der Waals surface area contributed by atoms with Crippen LogP contribution >= 0.6 is 0 Å². The number of nitrogens with one attached hydrogen (secondary N) is 1. The van der Waals surface area contributed by atoms with Gasteiger partial charge in [-0.1, -0.05) is 286 Å². The van der Waals surface area contributed by atoms with Crippen molar-refractivity contribution in [1.82, 2.24) is 5.32 Å². The van der Waals surface area contributed by atoms with Gasteiger partial charge in [-0.3, -0.25) is 9.59 Å². The fourth-order valence-electron chi connectivity index (χ4n) is 10.3. The Morgan fingerprint density at radius 1 is 0.506 bits per heavy atom. The number of rotatable bonds is 57. The first-order valence-corrected chi connectivity index (χ1v) is 33.7. The molecule has 81 heavy (non-hydrogen) atoms. The number of carbonyl (C=O) groups excluding carboxylic acids is 2. The fourth-order valence-corrected chi connectivity index (χ4v) is 10.3. The summed E-state index contributed by atoms with van der Waals surface area (Å²) >= 11 is 0. The van der Waals surface area contributed by atoms with Crippen molar-refractivity contribution in [1.29, 1.82) is 0 Å². The maximum atomic E-state index is 13.4. The van der Waals surface area contributed by atoms with Crippen LogP contribution in [0.5, 0.6) is 0 Å². The number of ether oxygens (including phenoxy) is 3. The highest BCUT2D eigenvalue weighted by Gasteiger charge is 2.47. The number of hydrogen-bond acceptors (Lipinski definition) is 10. The third-order valence-corrected chi connectivity index (χ3v) is 15.7. The van der Waals surface area contributed by atoms with Crippen LogP contribution in [-0.4, -0.2) is 99.6 Å². The summed E-state index contributed by atoms with van der Waals surface area (Å²) in [4.78, 5) is 26.6. The number of carbonyl (C=O) groups is 2. The molecule has 1 saturated heterocycles. The molecular formula is C70H125NO10. The molecule has 0 aromatic carbocycles. The van der Waals surface area contributed by atoms with Crippen LogP contribution in [0.15, 0.2) is 72.9 Å². The Morgan fingerprint density at radius 3 is 1.44 bits per heavy atom. The normalized spacial score (nSPS) is 19.1. The quantitative estimate of drug-likeness (QED) is 0.0149. The first kappa shape index (κ1) is 76.1. The van der Waals surface area contributed by atoms with E-state index in [0.717, 1.165) is 89.9 Å². The van der Waals surface area contributed by atoms with Crippen LogP contribution in [0, 0.1) is 0 Å². The van der Waals surface area contributed by atoms with Gasteiger partial charge in [0, 0.05) is 6.42 Å². The van der Waals surface area contributed by atoms with E-state index in [2.05, 4.69) is 80.8 Å². The minimum absolute atomic E-state index is 0.121. The van der Waals surface area contributed by atoms with Crippen LogP contribution < -0.4 is 5.32 Å². The monoisotopic (exact) mass is 1140 g/mol. The van der Waals surface area contributed by atoms with Gasteiger partial charge in [0.05, 0.1) is 25.4 Å². The van der Waals surface area contributed by atoms with Gasteiger partial charge in [-0.05, 0) is 77.0 Å². The standard InChI is InChI=1S/C70H125NO10/c1-4-7-10-13-16-19-22-25-27-28-29-30-31-32-33-34-35-36-37-40-43-46-49-52-55-58-65(75)81-68-67(77)66(76)64(59-72)80-70(68)79-60-61(62(73)56-53-50-47-44-41-38-24-21-18-15-12-9-6-3)71-69(78)63(74)57-54-51-48-45-42-39-26-23-20-17-14-11-8-5-2/h8,11,14,16-17,19-20,23,25,27,53,56,61-64,66-68,70,72-74,76-77H,4-7,9-10,12-13,15,18,21-22,24,26,28-52,54-55,57-60H2,1-3H3,(H,71,78)/b11-8+,17-14+,19-16-,23-20+,27-25-,56-53+. The average molecular weight is 1140 g/mol. The van der Waals surface area contributed by atoms with Crippen molar-refractivity contribution in [3.05, 3.63) is 72.9 Å². The number of aliphatic hydroxyl groups is 5. The topological polar surface area (TPSA) is 175 Å². The molecule has 1 amide bonds. The van der Waals surface area contributed by atoms with Gasteiger partial charge in [-0.15, -0.1) is 0 Å². The summed E-state index contributed by atoms with van der Waals surface area (Å²) in [6.07, 6.45) is 63.7. The second kappa shape index (κ2) is 57.5. The smallest absolute Gasteiger partial charge is 0.306 e. The SMILES string of the molecule is CC/C=C/C=C/C=C/CCCCCCCCC(O)C(=O)NC(COC1OC(CO)C(O)C(O)C1OC(=O)CCCCCCCCCCCCCCCCC/C=C\C/C=C\CCCCC)C(O)/C=C/CCCCCCCCCCCCC. The number of allylic oxidation sites excluding steroid dienone is 11. The van der Waals surface area contributed by atoms with Gasteiger partial charge in [-0.2, -0.15) is 0 Å². The van der Waals surface area contributed by atoms with Crippen LogP contribution in [-0.2, 0) is 23.8 Å². The van der Waals surface area contributed by atoms with Gasteiger partial charge in [0.15, 0.2) is 12.4 Å². The Labute approximate surface area is 496 Å². The minimum Gasteiger partial charge on any atom is -0.454 e. The Hall–Kier alpha value is -2.90. The van der Waals surface area contributed by atoms with Crippen molar-refractivity contribution in [2.24, 2.45) is 0 Å². The van der Waals surface area contributed by atoms with Crippen molar-refractivity contribution in [2.45, 2.75) is 346 Å². The molecule has 0 saturated carbocycles. The lowest BCUT2D eigenvalue weighted by atomic mass is 9.99. The molecule has 0 aliphatic carbocycles. The summed E-state index contributed by atoms with van der Waals surface area (Å²) in [5.74, 6) is -1.20. The van der Waals surface area contributed by atoms with Crippen LogP contribution in [0.1, 0.15) is 297 Å². The average Bonchev–Trinajstić information content (AvgIpc) is 3.46. The van der Waals surface area contributed by atoms with Gasteiger partial charge in [0.1, 0.15) is 24.4 Å². The molecule has 6 N–H and O–H groups in total. The molecular weight excluding hydrogens is 1010 g/mol. The maximum absolute atomic E-state index is 13.4. The Kier molecular flexibility index (Phi) is 54.1. The summed E-state index contributed by atoms with van der Waals surface area (Å²) in [6, 6.07) is -1.03. The summed E-state index contributed by atoms with van der Waals surface area (Å²) in [5, 5.41) is 57.1. The molecule has 1 fully saturated rings. The van der Waals surface area contributed by atoms with Crippen molar-refractivity contribution in [3.8, 4) is 0 Å². The molecule has 8 atom stereocenters. The molecule has 1 aliphatic heterocycles. The molecule has 11 heteroatoms. The van der Waals surface area contributed by atoms with Gasteiger partial charge in [0.2, 0.25) is 5.91 Å². The van der Waals surface area contributed by atoms with Crippen LogP contribution in [0.3, 0.4) is 0 Å². The second-order valence-corrected chi connectivity index (χ2v) is 23.2. The number of amides is 1. The van der Waals surface area contributed by atoms with E-state index in [1.54, 1.807) is 6.08 Å². The Morgan fingerprint density at radius 2 is 0.938 bits per heavy atom. The molecule has 8 unspecified atom stereocenters. The lowest BCUT2D eigenvalue weighted by molar-refractivity contribution is -0.305. The lowest BCUT2D eigenvalue weighted by Crippen LogP contribution is -2.61. The van der Waals surface area contributed by atoms with E-state index in [4.69, 9.17) is 14.2 Å². The van der Waals surface area contributed by atoms with E-state index in [-0.39, 0.29) is 19.4 Å². The molecule has 11 nitrogen and oxygen atoms in total. The van der Waals surface area contributed by atoms with Gasteiger partial charge < -0.3 is 45.1 Å². The van der Waals surface area contributed by atoms with E-state index < -0.39 is 67.4 Å². The highest BCUT2D eigenvalue weighted by atomic mass is 16.7. The van der Waals surface area contributed by atoms with E-state index in [0.29, 0.717) is 12.8 Å². The van der Waals surface area contributed by atoms with Crippen LogP contribution in [0.4, 0.5) is 0 Å². The van der Waals surface area contributed by atoms with E-state index in [1.807, 2.05) is 12.2 Å². The number of esters is 1. The summed E-state index contributed by atoms with van der Waals surface area (Å²) in [7, 11) is 0. The molecule has 0 bridgehead atoms. The maximum Gasteiger partial charge on any atom is 0.306 e. The third-order valence-electron chi connectivity index (χ3n) is 15.7. The Bertz CT molecular complexity index is 1590. The predicted molar refractivity (Wildman–Crippen MR) is 338 cm³/mol. The molecule has 0 radical (unpaired) electrons. The summed E-state index contributed by atoms with van der Waals surface area (Å²) in [6.45, 7) is 5.65. The molecule has 1 heterocycles. The highest BCUT2D eigenvalue weighted by Crippen LogP contribution is 2.26. The Balaban J connectivity index is 2.58. The van der Waals surface area contributed by atoms with Crippen LogP contribution in [0.2, 0.25) is 0 Å². The second-order valence-electron chi connectivity index (χ2n) is 23.2. The van der Waals surface area contributed by atoms with Gasteiger partial charge in [-0.25, -0.2) is 0 Å². The first-order chi connectivity index (χ1) is 39.7. The number of unbranched alkanes of at least 4 members (excludes halogenated alkanes) is 35. The number of hydrogen-bond donors (Lipinski definition) is 6. The van der Waals surface area contributed by atoms with Crippen LogP contribution in [0.25, 0.3) is 0 Å². The molecule has 470 valence electrons. The molecule has 1 aliphatic rings. The fraction of sp³-hybridized carbons (Fsp3) is 0.800. The minimum atomic E-state index is -1.62. The summed E-state index contributed by atoms with van der Waals surface area (Å²) < 4.78 is 17.7. The highest BCUT2D eigenvalue weighted by molar-refractivity contribution is 5.80. The molecule has 0 aromatic heterocycles. The largest absolute Gasteiger partial charge is 0.454 e. The molecule has 1 rings (SSSR count). The molecule has 0 spiro atoms. The van der Waals surface area contributed by atoms with E-state index in [1.165, 1.54) is 161 Å². The first-order valence-electron chi connectivity index (χ1n) is 33.7. The van der Waals surface area contributed by atoms with Gasteiger partial charge in [0.25, 0.3) is 0 Å². The van der Waals surface area contributed by atoms with Gasteiger partial charge >= 0.3 is 5.97 Å². The van der Waals surface area contributed by atoms with Crippen molar-refractivity contribution in [2.75, 3.05) is 13.2 Å². The van der Waals surface area contributed by atoms with Crippen molar-refractivity contribution >= 4 is 11.9 Å². The predicted octanol–water partition coefficient (Wildman–Crippen LogP) is 16.7. The zero-order chi connectivity index (χ0) is 58.9. The van der Waals surface area contributed by atoms with E-state index in [9.17, 15) is 35.1 Å². The summed E-state index contributed by atoms with van der Waals surface area (Å²) in [5.41, 5.74) is 0. The number of aliphatic hydroxyl groups excluding tert-OH is 5.